The minimum absolute atomic E-state index is 0.0891. The summed E-state index contributed by atoms with van der Waals surface area (Å²) in [5, 5.41) is 5.19. The van der Waals surface area contributed by atoms with Crippen LogP contribution in [0.25, 0.3) is 0 Å². The Hall–Kier alpha value is -1.93. The molecule has 0 spiro atoms. The van der Waals surface area contributed by atoms with Crippen molar-refractivity contribution in [2.45, 2.75) is 58.0 Å². The van der Waals surface area contributed by atoms with Crippen LogP contribution < -0.4 is 15.4 Å². The topological polar surface area (TPSA) is 104 Å². The molecule has 7 nitrogen and oxygen atoms in total. The largest absolute Gasteiger partial charge is 0.355 e. The van der Waals surface area contributed by atoms with Gasteiger partial charge in [-0.15, -0.1) is 0 Å². The average molecular weight is 384 g/mol. The molecule has 1 rings (SSSR count). The Morgan fingerprint density at radius 2 is 1.62 bits per heavy atom. The zero-order chi connectivity index (χ0) is 19.9. The molecular formula is C18H29N3O4S. The molecule has 0 aliphatic carbocycles. The maximum absolute atomic E-state index is 12.6. The van der Waals surface area contributed by atoms with Gasteiger partial charge in [0.15, 0.2) is 0 Å². The van der Waals surface area contributed by atoms with Crippen LogP contribution in [0.1, 0.15) is 39.7 Å². The number of rotatable bonds is 9. The van der Waals surface area contributed by atoms with Crippen molar-refractivity contribution >= 4 is 21.8 Å². The van der Waals surface area contributed by atoms with Crippen LogP contribution in [0.5, 0.6) is 0 Å². The van der Waals surface area contributed by atoms with E-state index in [0.717, 1.165) is 5.56 Å². The van der Waals surface area contributed by atoms with E-state index in [1.165, 1.54) is 12.1 Å². The first-order valence-electron chi connectivity index (χ1n) is 8.74. The molecule has 0 radical (unpaired) electrons. The lowest BCUT2D eigenvalue weighted by atomic mass is 10.0. The van der Waals surface area contributed by atoms with Gasteiger partial charge in [0.2, 0.25) is 21.8 Å². The second kappa shape index (κ2) is 9.68. The summed E-state index contributed by atoms with van der Waals surface area (Å²) in [7, 11) is -3.84. The van der Waals surface area contributed by atoms with Gasteiger partial charge in [0.05, 0.1) is 4.90 Å². The first-order valence-corrected chi connectivity index (χ1v) is 10.2. The van der Waals surface area contributed by atoms with Crippen molar-refractivity contribution in [3.8, 4) is 0 Å². The molecule has 26 heavy (non-hydrogen) atoms. The molecule has 8 heteroatoms. The van der Waals surface area contributed by atoms with Crippen LogP contribution in [0, 0.1) is 12.8 Å². The SMILES string of the molecule is CCNC(=O)[C@H](C)NC(=O)[C@@H](CC(C)C)NS(=O)(=O)c1ccc(C)cc1. The summed E-state index contributed by atoms with van der Waals surface area (Å²) in [5.41, 5.74) is 0.941. The molecule has 0 saturated heterocycles. The van der Waals surface area contributed by atoms with Gasteiger partial charge >= 0.3 is 0 Å². The fraction of sp³-hybridized carbons (Fsp3) is 0.556. The summed E-state index contributed by atoms with van der Waals surface area (Å²) in [4.78, 5) is 24.4. The van der Waals surface area contributed by atoms with Crippen molar-refractivity contribution in [1.29, 1.82) is 0 Å². The van der Waals surface area contributed by atoms with Gasteiger partial charge in [-0.3, -0.25) is 9.59 Å². The van der Waals surface area contributed by atoms with Crippen LogP contribution in [-0.4, -0.2) is 38.9 Å². The van der Waals surface area contributed by atoms with Crippen LogP contribution in [0.2, 0.25) is 0 Å². The number of amides is 2. The summed E-state index contributed by atoms with van der Waals surface area (Å²) in [6.07, 6.45) is 0.318. The number of benzene rings is 1. The van der Waals surface area contributed by atoms with Gasteiger partial charge in [-0.1, -0.05) is 31.5 Å². The second-order valence-corrected chi connectivity index (χ2v) is 8.46. The molecule has 0 bridgehead atoms. The number of aryl methyl sites for hydroxylation is 1. The highest BCUT2D eigenvalue weighted by molar-refractivity contribution is 7.89. The summed E-state index contributed by atoms with van der Waals surface area (Å²) in [6, 6.07) is 4.68. The van der Waals surface area contributed by atoms with Crippen molar-refractivity contribution in [3.63, 3.8) is 0 Å². The normalized spacial score (nSPS) is 13.9. The number of carbonyl (C=O) groups excluding carboxylic acids is 2. The van der Waals surface area contributed by atoms with E-state index in [1.54, 1.807) is 26.0 Å². The average Bonchev–Trinajstić information content (AvgIpc) is 2.54. The number of likely N-dealkylation sites (N-methyl/N-ethyl adjacent to an activating group) is 1. The molecule has 2 atom stereocenters. The molecule has 1 aromatic rings. The first kappa shape index (κ1) is 22.1. The van der Waals surface area contributed by atoms with Gasteiger partial charge in [-0.2, -0.15) is 4.72 Å². The van der Waals surface area contributed by atoms with Crippen molar-refractivity contribution in [2.75, 3.05) is 6.54 Å². The van der Waals surface area contributed by atoms with E-state index >= 15 is 0 Å². The molecule has 2 amide bonds. The van der Waals surface area contributed by atoms with Crippen LogP contribution in [0.3, 0.4) is 0 Å². The molecule has 0 aliphatic heterocycles. The first-order chi connectivity index (χ1) is 12.1. The number of nitrogens with one attached hydrogen (secondary N) is 3. The highest BCUT2D eigenvalue weighted by atomic mass is 32.2. The monoisotopic (exact) mass is 383 g/mol. The lowest BCUT2D eigenvalue weighted by molar-refractivity contribution is -0.129. The van der Waals surface area contributed by atoms with Crippen molar-refractivity contribution < 1.29 is 18.0 Å². The molecule has 0 saturated carbocycles. The Balaban J connectivity index is 2.93. The Labute approximate surface area is 156 Å². The van der Waals surface area contributed by atoms with Gasteiger partial charge in [0.25, 0.3) is 0 Å². The van der Waals surface area contributed by atoms with Crippen molar-refractivity contribution in [2.24, 2.45) is 5.92 Å². The minimum atomic E-state index is -3.84. The van der Waals surface area contributed by atoms with Gasteiger partial charge in [0.1, 0.15) is 12.1 Å². The van der Waals surface area contributed by atoms with Gasteiger partial charge in [-0.05, 0) is 45.2 Å². The van der Waals surface area contributed by atoms with Crippen LogP contribution in [-0.2, 0) is 19.6 Å². The molecule has 0 aliphatic rings. The van der Waals surface area contributed by atoms with E-state index in [-0.39, 0.29) is 16.7 Å². The second-order valence-electron chi connectivity index (χ2n) is 6.74. The van der Waals surface area contributed by atoms with Crippen molar-refractivity contribution in [3.05, 3.63) is 29.8 Å². The van der Waals surface area contributed by atoms with Crippen LogP contribution >= 0.6 is 0 Å². The van der Waals surface area contributed by atoms with E-state index < -0.39 is 28.0 Å². The molecule has 3 N–H and O–H groups in total. The van der Waals surface area contributed by atoms with E-state index in [1.807, 2.05) is 20.8 Å². The lowest BCUT2D eigenvalue weighted by Crippen LogP contribution is -2.53. The van der Waals surface area contributed by atoms with E-state index in [0.29, 0.717) is 13.0 Å². The highest BCUT2D eigenvalue weighted by Crippen LogP contribution is 2.13. The van der Waals surface area contributed by atoms with E-state index in [9.17, 15) is 18.0 Å². The smallest absolute Gasteiger partial charge is 0.242 e. The Kier molecular flexibility index (Phi) is 8.23. The molecular weight excluding hydrogens is 354 g/mol. The molecule has 0 heterocycles. The zero-order valence-corrected chi connectivity index (χ0v) is 16.8. The molecule has 0 fully saturated rings. The Morgan fingerprint density at radius 3 is 2.12 bits per heavy atom. The summed E-state index contributed by atoms with van der Waals surface area (Å²) >= 11 is 0. The van der Waals surface area contributed by atoms with Gasteiger partial charge in [-0.25, -0.2) is 8.42 Å². The fourth-order valence-corrected chi connectivity index (χ4v) is 3.57. The number of hydrogen-bond acceptors (Lipinski definition) is 4. The Bertz CT molecular complexity index is 714. The minimum Gasteiger partial charge on any atom is -0.355 e. The quantitative estimate of drug-likeness (QED) is 0.598. The third-order valence-electron chi connectivity index (χ3n) is 3.76. The summed E-state index contributed by atoms with van der Waals surface area (Å²) < 4.78 is 27.6. The van der Waals surface area contributed by atoms with Crippen molar-refractivity contribution in [1.82, 2.24) is 15.4 Å². The fourth-order valence-electron chi connectivity index (χ4n) is 2.36. The predicted molar refractivity (Wildman–Crippen MR) is 101 cm³/mol. The zero-order valence-electron chi connectivity index (χ0n) is 16.0. The third-order valence-corrected chi connectivity index (χ3v) is 5.24. The third kappa shape index (κ3) is 6.76. The van der Waals surface area contributed by atoms with E-state index in [4.69, 9.17) is 0 Å². The van der Waals surface area contributed by atoms with E-state index in [2.05, 4.69) is 15.4 Å². The standard InChI is InChI=1S/C18H29N3O4S/c1-6-19-17(22)14(5)20-18(23)16(11-12(2)3)21-26(24,25)15-9-7-13(4)8-10-15/h7-10,12,14,16,21H,6,11H2,1-5H3,(H,19,22)(H,20,23)/t14-,16+/m0/s1. The molecule has 0 unspecified atom stereocenters. The maximum Gasteiger partial charge on any atom is 0.242 e. The number of sulfonamides is 1. The molecule has 146 valence electrons. The summed E-state index contributed by atoms with van der Waals surface area (Å²) in [5.74, 6) is -0.745. The molecule has 1 aromatic carbocycles. The van der Waals surface area contributed by atoms with Crippen LogP contribution in [0.4, 0.5) is 0 Å². The summed E-state index contributed by atoms with van der Waals surface area (Å²) in [6.45, 7) is 9.45. The van der Waals surface area contributed by atoms with Gasteiger partial charge in [0, 0.05) is 6.54 Å². The highest BCUT2D eigenvalue weighted by Gasteiger charge is 2.28. The number of carbonyl (C=O) groups is 2. The lowest BCUT2D eigenvalue weighted by Gasteiger charge is -2.22. The maximum atomic E-state index is 12.6. The Morgan fingerprint density at radius 1 is 1.04 bits per heavy atom. The number of hydrogen-bond donors (Lipinski definition) is 3. The molecule has 0 aromatic heterocycles. The van der Waals surface area contributed by atoms with Gasteiger partial charge < -0.3 is 10.6 Å². The predicted octanol–water partition coefficient (Wildman–Crippen LogP) is 1.33. The van der Waals surface area contributed by atoms with Crippen LogP contribution in [0.15, 0.2) is 29.2 Å².